The van der Waals surface area contributed by atoms with Crippen LogP contribution in [0.25, 0.3) is 0 Å². The first-order chi connectivity index (χ1) is 16.9. The molecule has 4 aliphatic carbocycles. The highest BCUT2D eigenvalue weighted by atomic mass is 16.2. The predicted octanol–water partition coefficient (Wildman–Crippen LogP) is 5.49. The molecule has 0 unspecified atom stereocenters. The third-order valence-corrected chi connectivity index (χ3v) is 9.46. The van der Waals surface area contributed by atoms with Crippen molar-refractivity contribution in [3.05, 3.63) is 35.4 Å². The van der Waals surface area contributed by atoms with Gasteiger partial charge in [0.1, 0.15) is 0 Å². The molecule has 1 saturated heterocycles. The first kappa shape index (κ1) is 24.5. The lowest BCUT2D eigenvalue weighted by molar-refractivity contribution is -0.147. The summed E-state index contributed by atoms with van der Waals surface area (Å²) in [6.07, 6.45) is 12.1. The van der Waals surface area contributed by atoms with Gasteiger partial charge in [-0.05, 0) is 80.9 Å². The molecule has 5 nitrogen and oxygen atoms in total. The molecule has 5 aliphatic rings. The number of nitrogens with zero attached hydrogens (tertiary/aromatic N) is 1. The van der Waals surface area contributed by atoms with Crippen molar-refractivity contribution in [1.29, 1.82) is 0 Å². The van der Waals surface area contributed by atoms with Crippen LogP contribution < -0.4 is 5.32 Å². The molecule has 2 atom stereocenters. The number of hydrogen-bond acceptors (Lipinski definition) is 3. The summed E-state index contributed by atoms with van der Waals surface area (Å²) in [5.74, 6) is 1.58. The Morgan fingerprint density at radius 1 is 1.00 bits per heavy atom. The molecule has 1 aromatic carbocycles. The molecule has 2 bridgehead atoms. The molecular weight excluding hydrogens is 436 g/mol. The van der Waals surface area contributed by atoms with Crippen LogP contribution in [0, 0.1) is 23.2 Å². The van der Waals surface area contributed by atoms with Crippen molar-refractivity contribution in [2.45, 2.75) is 96.4 Å². The van der Waals surface area contributed by atoms with Gasteiger partial charge in [-0.25, -0.2) is 0 Å². The Bertz CT molecular complexity index is 953. The minimum atomic E-state index is -0.397. The molecule has 1 aromatic rings. The summed E-state index contributed by atoms with van der Waals surface area (Å²) in [4.78, 5) is 41.8. The van der Waals surface area contributed by atoms with Crippen LogP contribution in [0.4, 0.5) is 0 Å². The molecular formula is C30H42N2O3. The number of ketones is 1. The molecule has 1 heterocycles. The Hall–Kier alpha value is -2.17. The van der Waals surface area contributed by atoms with E-state index in [4.69, 9.17) is 0 Å². The maximum atomic E-state index is 13.3. The number of rotatable bonds is 7. The summed E-state index contributed by atoms with van der Waals surface area (Å²) in [6.45, 7) is 5.47. The normalized spacial score (nSPS) is 29.5. The summed E-state index contributed by atoms with van der Waals surface area (Å²) in [5.41, 5.74) is 1.71. The molecule has 5 heteroatoms. The number of piperidine rings is 1. The zero-order chi connectivity index (χ0) is 24.6. The first-order valence-electron chi connectivity index (χ1n) is 14.1. The highest BCUT2D eigenvalue weighted by Gasteiger charge is 2.56. The van der Waals surface area contributed by atoms with E-state index in [1.807, 2.05) is 32.0 Å². The second-order valence-corrected chi connectivity index (χ2v) is 12.2. The first-order valence-corrected chi connectivity index (χ1v) is 14.1. The maximum absolute atomic E-state index is 13.3. The van der Waals surface area contributed by atoms with Crippen LogP contribution in [0.1, 0.15) is 106 Å². The summed E-state index contributed by atoms with van der Waals surface area (Å²) in [5, 5.41) is 3.14. The van der Waals surface area contributed by atoms with Crippen LogP contribution >= 0.6 is 0 Å². The lowest BCUT2D eigenvalue weighted by Crippen LogP contribution is -2.49. The van der Waals surface area contributed by atoms with Gasteiger partial charge in [0, 0.05) is 35.9 Å². The Kier molecular flexibility index (Phi) is 7.05. The Morgan fingerprint density at radius 2 is 1.77 bits per heavy atom. The highest BCUT2D eigenvalue weighted by Crippen LogP contribution is 2.59. The number of hydrogen-bond donors (Lipinski definition) is 1. The second-order valence-electron chi connectivity index (χ2n) is 12.2. The van der Waals surface area contributed by atoms with Crippen molar-refractivity contribution in [2.24, 2.45) is 23.2 Å². The minimum Gasteiger partial charge on any atom is -0.342 e. The number of nitrogens with one attached hydrogen (secondary N) is 1. The van der Waals surface area contributed by atoms with Crippen LogP contribution in [0.3, 0.4) is 0 Å². The molecule has 4 saturated carbocycles. The van der Waals surface area contributed by atoms with Crippen LogP contribution in [-0.2, 0) is 9.59 Å². The second kappa shape index (κ2) is 10.1. The molecule has 0 aromatic heterocycles. The van der Waals surface area contributed by atoms with Crippen LogP contribution in [0.2, 0.25) is 0 Å². The summed E-state index contributed by atoms with van der Waals surface area (Å²) >= 11 is 0. The number of likely N-dealkylation sites (tertiary alicyclic amines) is 1. The zero-order valence-electron chi connectivity index (χ0n) is 21.6. The van der Waals surface area contributed by atoms with E-state index in [1.165, 1.54) is 12.8 Å². The van der Waals surface area contributed by atoms with Crippen molar-refractivity contribution in [3.8, 4) is 0 Å². The molecule has 5 fully saturated rings. The van der Waals surface area contributed by atoms with Gasteiger partial charge < -0.3 is 10.2 Å². The molecule has 6 rings (SSSR count). The molecule has 35 heavy (non-hydrogen) atoms. The maximum Gasteiger partial charge on any atom is 0.251 e. The average Bonchev–Trinajstić information content (AvgIpc) is 3.49. The van der Waals surface area contributed by atoms with Crippen molar-refractivity contribution in [2.75, 3.05) is 13.1 Å². The Morgan fingerprint density at radius 3 is 2.46 bits per heavy atom. The fourth-order valence-electron chi connectivity index (χ4n) is 7.39. The quantitative estimate of drug-likeness (QED) is 0.564. The van der Waals surface area contributed by atoms with E-state index in [-0.39, 0.29) is 34.9 Å². The molecule has 0 spiro atoms. The fraction of sp³-hybridized carbons (Fsp3) is 0.700. The van der Waals surface area contributed by atoms with Crippen LogP contribution in [0.15, 0.2) is 24.3 Å². The number of Topliss-reactive ketones (excluding diaryl/α,β-unsaturated/α-hetero) is 1. The largest absolute Gasteiger partial charge is 0.342 e. The fourth-order valence-corrected chi connectivity index (χ4v) is 7.39. The van der Waals surface area contributed by atoms with Crippen molar-refractivity contribution in [1.82, 2.24) is 10.2 Å². The average molecular weight is 479 g/mol. The van der Waals surface area contributed by atoms with E-state index in [0.29, 0.717) is 11.5 Å². The van der Waals surface area contributed by atoms with Gasteiger partial charge in [0.25, 0.3) is 5.91 Å². The lowest BCUT2D eigenvalue weighted by atomic mass is 9.68. The summed E-state index contributed by atoms with van der Waals surface area (Å²) in [7, 11) is 0. The summed E-state index contributed by atoms with van der Waals surface area (Å²) < 4.78 is 0. The van der Waals surface area contributed by atoms with E-state index < -0.39 is 6.04 Å². The van der Waals surface area contributed by atoms with E-state index in [1.54, 1.807) is 0 Å². The van der Waals surface area contributed by atoms with E-state index in [2.05, 4.69) is 16.3 Å². The predicted molar refractivity (Wildman–Crippen MR) is 137 cm³/mol. The van der Waals surface area contributed by atoms with Crippen LogP contribution in [0.5, 0.6) is 0 Å². The monoisotopic (exact) mass is 478 g/mol. The molecule has 1 N–H and O–H groups in total. The van der Waals surface area contributed by atoms with Gasteiger partial charge in [-0.3, -0.25) is 14.4 Å². The molecule has 1 aliphatic heterocycles. The number of carbonyl (C=O) groups is 3. The van der Waals surface area contributed by atoms with Gasteiger partial charge >= 0.3 is 0 Å². The van der Waals surface area contributed by atoms with E-state index in [0.717, 1.165) is 82.4 Å². The Balaban J connectivity index is 1.27. The van der Waals surface area contributed by atoms with Gasteiger partial charge in [0.15, 0.2) is 5.78 Å². The SMILES string of the molecule is CC(C)C(=O)[C@H](NC(=O)c1cccc([C@@H]2CCCN(C(=O)C34CCC(C3)C4)C2)c1)C1CCCCC1. The van der Waals surface area contributed by atoms with Gasteiger partial charge in [-0.1, -0.05) is 45.2 Å². The van der Waals surface area contributed by atoms with Crippen molar-refractivity contribution >= 4 is 17.6 Å². The minimum absolute atomic E-state index is 0.0502. The highest BCUT2D eigenvalue weighted by molar-refractivity contribution is 5.98. The Labute approximate surface area is 210 Å². The standard InChI is InChI=1S/C30H42N2O3/c1-20(2)27(33)26(22-8-4-3-5-9-22)31-28(34)24-11-6-10-23(16-24)25-12-7-15-32(19-25)29(35)30-14-13-21(17-30)18-30/h6,10-11,16,20-22,25-26H,3-5,7-9,12-15,17-19H2,1-2H3,(H,31,34)/t21?,25-,26-,30?/m1/s1. The smallest absolute Gasteiger partial charge is 0.251 e. The van der Waals surface area contributed by atoms with Crippen molar-refractivity contribution in [3.63, 3.8) is 0 Å². The third-order valence-electron chi connectivity index (χ3n) is 9.46. The molecule has 0 radical (unpaired) electrons. The number of fused-ring (bicyclic) bond motifs is 1. The number of amides is 2. The van der Waals surface area contributed by atoms with Gasteiger partial charge in [0.2, 0.25) is 5.91 Å². The van der Waals surface area contributed by atoms with Crippen molar-refractivity contribution < 1.29 is 14.4 Å². The topological polar surface area (TPSA) is 66.5 Å². The number of benzene rings is 1. The van der Waals surface area contributed by atoms with Crippen LogP contribution in [-0.4, -0.2) is 41.6 Å². The van der Waals surface area contributed by atoms with Gasteiger partial charge in [-0.15, -0.1) is 0 Å². The third kappa shape index (κ3) is 4.93. The summed E-state index contributed by atoms with van der Waals surface area (Å²) in [6, 6.07) is 7.51. The zero-order valence-corrected chi connectivity index (χ0v) is 21.6. The van der Waals surface area contributed by atoms with E-state index >= 15 is 0 Å². The lowest BCUT2D eigenvalue weighted by Gasteiger charge is -2.43. The molecule has 190 valence electrons. The molecule has 2 amide bonds. The van der Waals surface area contributed by atoms with Gasteiger partial charge in [0.05, 0.1) is 6.04 Å². The number of carbonyl (C=O) groups excluding carboxylic acids is 3. The van der Waals surface area contributed by atoms with E-state index in [9.17, 15) is 14.4 Å². The van der Waals surface area contributed by atoms with Gasteiger partial charge in [-0.2, -0.15) is 0 Å².